The van der Waals surface area contributed by atoms with Crippen molar-refractivity contribution < 1.29 is 4.42 Å². The molecule has 0 atom stereocenters. The number of hydrogen-bond donors (Lipinski definition) is 0. The lowest BCUT2D eigenvalue weighted by Crippen LogP contribution is -1.96. The summed E-state index contributed by atoms with van der Waals surface area (Å²) in [7, 11) is 0. The first-order valence-corrected chi connectivity index (χ1v) is 11.7. The highest BCUT2D eigenvalue weighted by Gasteiger charge is 2.18. The fourth-order valence-corrected chi connectivity index (χ4v) is 4.25. The van der Waals surface area contributed by atoms with E-state index in [1.807, 2.05) is 38.1 Å². The van der Waals surface area contributed by atoms with E-state index in [1.54, 1.807) is 0 Å². The van der Waals surface area contributed by atoms with Crippen molar-refractivity contribution in [2.24, 2.45) is 9.98 Å². The van der Waals surface area contributed by atoms with Crippen LogP contribution in [-0.4, -0.2) is 11.4 Å². The Hall–Kier alpha value is -3.46. The molecule has 3 heteroatoms. The minimum atomic E-state index is 0.400. The molecule has 4 aromatic rings. The zero-order valence-corrected chi connectivity index (χ0v) is 20.4. The number of benzene rings is 3. The Kier molecular flexibility index (Phi) is 6.60. The van der Waals surface area contributed by atoms with Crippen molar-refractivity contribution in [3.63, 3.8) is 0 Å². The van der Waals surface area contributed by atoms with Crippen LogP contribution in [0.5, 0.6) is 0 Å². The van der Waals surface area contributed by atoms with Gasteiger partial charge in [0.1, 0.15) is 0 Å². The second-order valence-electron chi connectivity index (χ2n) is 9.13. The van der Waals surface area contributed by atoms with Crippen molar-refractivity contribution >= 4 is 33.6 Å². The largest absolute Gasteiger partial charge is 0.452 e. The summed E-state index contributed by atoms with van der Waals surface area (Å²) in [6, 6.07) is 24.9. The molecule has 3 aromatic carbocycles. The van der Waals surface area contributed by atoms with E-state index in [2.05, 4.69) is 76.2 Å². The molecule has 0 amide bonds. The molecule has 0 aliphatic rings. The molecule has 0 saturated carbocycles. The maximum absolute atomic E-state index is 6.47. The Labute approximate surface area is 196 Å². The van der Waals surface area contributed by atoms with Crippen molar-refractivity contribution in [1.82, 2.24) is 0 Å². The van der Waals surface area contributed by atoms with Gasteiger partial charge >= 0.3 is 0 Å². The summed E-state index contributed by atoms with van der Waals surface area (Å²) in [5.74, 6) is 2.39. The molecule has 4 rings (SSSR count). The summed E-state index contributed by atoms with van der Waals surface area (Å²) in [4.78, 5) is 9.96. The standard InChI is InChI=1S/C30H32N2O/c1-19(2)23-13-9-11-17-27(23)31-21(5)29-25-15-7-8-16-26(25)30(33-29)22(6)32-28-18-12-10-14-24(28)20(3)4/h7-20H,1-6H3. The monoisotopic (exact) mass is 436 g/mol. The van der Waals surface area contributed by atoms with Gasteiger partial charge in [0.2, 0.25) is 0 Å². The fourth-order valence-electron chi connectivity index (χ4n) is 4.25. The van der Waals surface area contributed by atoms with Gasteiger partial charge in [0.15, 0.2) is 11.5 Å². The number of nitrogens with zero attached hydrogens (tertiary/aromatic N) is 2. The fraction of sp³-hybridized carbons (Fsp3) is 0.267. The highest BCUT2D eigenvalue weighted by molar-refractivity contribution is 6.15. The predicted octanol–water partition coefficient (Wildman–Crippen LogP) is 8.96. The SMILES string of the molecule is CC(=Nc1ccccc1C(C)C)c1oc(C(C)=Nc2ccccc2C(C)C)c2ccccc12. The van der Waals surface area contributed by atoms with Gasteiger partial charge in [-0.05, 0) is 48.9 Å². The van der Waals surface area contributed by atoms with E-state index in [0.29, 0.717) is 11.8 Å². The Morgan fingerprint density at radius 3 is 1.33 bits per heavy atom. The van der Waals surface area contributed by atoms with E-state index in [9.17, 15) is 0 Å². The molecular formula is C30H32N2O. The minimum Gasteiger partial charge on any atom is -0.452 e. The number of rotatable bonds is 6. The highest BCUT2D eigenvalue weighted by atomic mass is 16.3. The minimum absolute atomic E-state index is 0.400. The predicted molar refractivity (Wildman–Crippen MR) is 141 cm³/mol. The van der Waals surface area contributed by atoms with Crippen LogP contribution in [0.2, 0.25) is 0 Å². The average molecular weight is 437 g/mol. The van der Waals surface area contributed by atoms with Gasteiger partial charge in [0.25, 0.3) is 0 Å². The average Bonchev–Trinajstić information content (AvgIpc) is 3.19. The molecule has 3 nitrogen and oxygen atoms in total. The normalized spacial score (nSPS) is 12.8. The van der Waals surface area contributed by atoms with E-state index in [1.165, 1.54) is 11.1 Å². The number of para-hydroxylation sites is 2. The Bertz CT molecular complexity index is 1240. The molecule has 0 radical (unpaired) electrons. The van der Waals surface area contributed by atoms with Crippen LogP contribution in [0, 0.1) is 0 Å². The first-order valence-electron chi connectivity index (χ1n) is 11.7. The van der Waals surface area contributed by atoms with Crippen molar-refractivity contribution in [2.45, 2.75) is 53.4 Å². The number of aliphatic imine (C=N–C) groups is 2. The van der Waals surface area contributed by atoms with Crippen molar-refractivity contribution in [1.29, 1.82) is 0 Å². The van der Waals surface area contributed by atoms with Crippen molar-refractivity contribution in [2.75, 3.05) is 0 Å². The zero-order valence-electron chi connectivity index (χ0n) is 20.4. The molecule has 168 valence electrons. The molecule has 0 aliphatic heterocycles. The van der Waals surface area contributed by atoms with Gasteiger partial charge in [-0.3, -0.25) is 0 Å². The van der Waals surface area contributed by atoms with Gasteiger partial charge in [-0.25, -0.2) is 9.98 Å². The second kappa shape index (κ2) is 9.58. The van der Waals surface area contributed by atoms with Crippen molar-refractivity contribution in [3.8, 4) is 0 Å². The molecule has 0 fully saturated rings. The molecule has 1 aromatic heterocycles. The number of hydrogen-bond acceptors (Lipinski definition) is 3. The maximum atomic E-state index is 6.47. The van der Waals surface area contributed by atoms with Crippen LogP contribution < -0.4 is 0 Å². The Morgan fingerprint density at radius 1 is 0.576 bits per heavy atom. The summed E-state index contributed by atoms with van der Waals surface area (Å²) in [6.45, 7) is 12.8. The van der Waals surface area contributed by atoms with Crippen LogP contribution in [0.15, 0.2) is 87.2 Å². The number of furan rings is 1. The van der Waals surface area contributed by atoms with Gasteiger partial charge in [-0.1, -0.05) is 88.4 Å². The summed E-state index contributed by atoms with van der Waals surface area (Å²) >= 11 is 0. The van der Waals surface area contributed by atoms with Gasteiger partial charge in [-0.15, -0.1) is 0 Å². The van der Waals surface area contributed by atoms with Gasteiger partial charge in [0.05, 0.1) is 22.8 Å². The molecule has 0 bridgehead atoms. The smallest absolute Gasteiger partial charge is 0.156 e. The molecule has 0 aliphatic carbocycles. The third kappa shape index (κ3) is 4.68. The van der Waals surface area contributed by atoms with E-state index in [0.717, 1.165) is 45.1 Å². The highest BCUT2D eigenvalue weighted by Crippen LogP contribution is 2.32. The van der Waals surface area contributed by atoms with Crippen molar-refractivity contribution in [3.05, 3.63) is 95.4 Å². The summed E-state index contributed by atoms with van der Waals surface area (Å²) in [6.07, 6.45) is 0. The Morgan fingerprint density at radius 2 is 0.939 bits per heavy atom. The van der Waals surface area contributed by atoms with E-state index in [4.69, 9.17) is 14.4 Å². The quantitative estimate of drug-likeness (QED) is 0.278. The molecule has 1 heterocycles. The lowest BCUT2D eigenvalue weighted by atomic mass is 10.0. The number of fused-ring (bicyclic) bond motifs is 1. The summed E-state index contributed by atoms with van der Waals surface area (Å²) in [5.41, 5.74) is 6.17. The van der Waals surface area contributed by atoms with Gasteiger partial charge in [0, 0.05) is 10.8 Å². The molecule has 0 spiro atoms. The van der Waals surface area contributed by atoms with E-state index >= 15 is 0 Å². The van der Waals surface area contributed by atoms with E-state index in [-0.39, 0.29) is 0 Å². The second-order valence-corrected chi connectivity index (χ2v) is 9.13. The van der Waals surface area contributed by atoms with Crippen LogP contribution in [-0.2, 0) is 0 Å². The van der Waals surface area contributed by atoms with Gasteiger partial charge in [-0.2, -0.15) is 0 Å². The molecule has 33 heavy (non-hydrogen) atoms. The van der Waals surface area contributed by atoms with Crippen LogP contribution in [0.4, 0.5) is 11.4 Å². The van der Waals surface area contributed by atoms with Crippen LogP contribution >= 0.6 is 0 Å². The molecule has 0 N–H and O–H groups in total. The topological polar surface area (TPSA) is 37.9 Å². The van der Waals surface area contributed by atoms with Crippen LogP contribution in [0.1, 0.15) is 76.0 Å². The maximum Gasteiger partial charge on any atom is 0.156 e. The zero-order chi connectivity index (χ0) is 23.5. The first-order chi connectivity index (χ1) is 15.9. The van der Waals surface area contributed by atoms with Gasteiger partial charge < -0.3 is 4.42 Å². The van der Waals surface area contributed by atoms with E-state index < -0.39 is 0 Å². The summed E-state index contributed by atoms with van der Waals surface area (Å²) < 4.78 is 6.47. The molecule has 0 saturated heterocycles. The summed E-state index contributed by atoms with van der Waals surface area (Å²) in [5, 5.41) is 2.12. The third-order valence-electron chi connectivity index (χ3n) is 5.97. The lowest BCUT2D eigenvalue weighted by molar-refractivity contribution is 0.553. The lowest BCUT2D eigenvalue weighted by Gasteiger charge is -2.10. The molecule has 0 unspecified atom stereocenters. The third-order valence-corrected chi connectivity index (χ3v) is 5.97. The Balaban J connectivity index is 1.83. The van der Waals surface area contributed by atoms with Crippen LogP contribution in [0.25, 0.3) is 10.8 Å². The first kappa shape index (κ1) is 22.7. The van der Waals surface area contributed by atoms with Crippen LogP contribution in [0.3, 0.4) is 0 Å². The molecular weight excluding hydrogens is 404 g/mol.